The van der Waals surface area contributed by atoms with Gasteiger partial charge in [-0.05, 0) is 36.3 Å². The molecule has 0 N–H and O–H groups in total. The molecule has 0 aromatic heterocycles. The first-order valence-corrected chi connectivity index (χ1v) is 4.63. The van der Waals surface area contributed by atoms with Crippen molar-refractivity contribution in [3.8, 4) is 0 Å². The van der Waals surface area contributed by atoms with E-state index in [-0.39, 0.29) is 11.6 Å². The van der Waals surface area contributed by atoms with Crippen LogP contribution in [0.15, 0.2) is 30.3 Å². The van der Waals surface area contributed by atoms with Crippen molar-refractivity contribution in [2.24, 2.45) is 5.92 Å². The number of benzene rings is 1. The minimum atomic E-state index is -0.451. The first kappa shape index (κ1) is 11.4. The minimum Gasteiger partial charge on any atom is -0.258 e. The molecule has 0 spiro atoms. The van der Waals surface area contributed by atoms with Crippen LogP contribution in [0.4, 0.5) is 4.39 Å². The van der Waals surface area contributed by atoms with Gasteiger partial charge in [-0.3, -0.25) is 10.1 Å². The van der Waals surface area contributed by atoms with E-state index in [4.69, 9.17) is 0 Å². The highest BCUT2D eigenvalue weighted by Crippen LogP contribution is 2.17. The standard InChI is InChI=1S/C11H12FNO2/c1-8(2)7-11(13(14)15)9-3-5-10(12)6-4-9/h3-8H,1-2H3. The molecule has 15 heavy (non-hydrogen) atoms. The maximum atomic E-state index is 12.6. The predicted octanol–water partition coefficient (Wildman–Crippen LogP) is 3.10. The topological polar surface area (TPSA) is 43.1 Å². The first-order valence-electron chi connectivity index (χ1n) is 4.63. The Balaban J connectivity index is 3.11. The lowest BCUT2D eigenvalue weighted by molar-refractivity contribution is -0.375. The molecule has 1 aromatic rings. The molecule has 4 heteroatoms. The third-order valence-electron chi connectivity index (χ3n) is 1.83. The van der Waals surface area contributed by atoms with Gasteiger partial charge >= 0.3 is 0 Å². The second-order valence-corrected chi connectivity index (χ2v) is 3.56. The van der Waals surface area contributed by atoms with Gasteiger partial charge in [0.2, 0.25) is 0 Å². The van der Waals surface area contributed by atoms with Gasteiger partial charge in [-0.15, -0.1) is 0 Å². The second-order valence-electron chi connectivity index (χ2n) is 3.56. The number of halogens is 1. The van der Waals surface area contributed by atoms with E-state index < -0.39 is 10.7 Å². The quantitative estimate of drug-likeness (QED) is 0.567. The van der Waals surface area contributed by atoms with Gasteiger partial charge in [-0.1, -0.05) is 13.8 Å². The van der Waals surface area contributed by atoms with Crippen LogP contribution < -0.4 is 0 Å². The van der Waals surface area contributed by atoms with Crippen LogP contribution in [0.3, 0.4) is 0 Å². The van der Waals surface area contributed by atoms with E-state index in [0.717, 1.165) is 0 Å². The van der Waals surface area contributed by atoms with E-state index >= 15 is 0 Å². The van der Waals surface area contributed by atoms with Gasteiger partial charge in [0.1, 0.15) is 5.82 Å². The molecule has 1 aromatic carbocycles. The number of hydrogen-bond donors (Lipinski definition) is 0. The molecule has 1 rings (SSSR count). The van der Waals surface area contributed by atoms with Gasteiger partial charge < -0.3 is 0 Å². The van der Waals surface area contributed by atoms with Crippen LogP contribution in [0.5, 0.6) is 0 Å². The van der Waals surface area contributed by atoms with Crippen molar-refractivity contribution in [1.29, 1.82) is 0 Å². The van der Waals surface area contributed by atoms with E-state index in [2.05, 4.69) is 0 Å². The molecule has 0 heterocycles. The zero-order chi connectivity index (χ0) is 11.4. The maximum Gasteiger partial charge on any atom is 0.272 e. The zero-order valence-electron chi connectivity index (χ0n) is 8.61. The Kier molecular flexibility index (Phi) is 3.55. The minimum absolute atomic E-state index is 0.0185. The summed E-state index contributed by atoms with van der Waals surface area (Å²) in [7, 11) is 0. The Morgan fingerprint density at radius 1 is 1.40 bits per heavy atom. The number of rotatable bonds is 3. The third-order valence-corrected chi connectivity index (χ3v) is 1.83. The van der Waals surface area contributed by atoms with Crippen molar-refractivity contribution in [2.75, 3.05) is 0 Å². The fourth-order valence-electron chi connectivity index (χ4n) is 1.20. The Bertz CT molecular complexity index is 382. The lowest BCUT2D eigenvalue weighted by Gasteiger charge is -2.00. The third kappa shape index (κ3) is 3.16. The Labute approximate surface area is 87.4 Å². The molecule has 0 bridgehead atoms. The van der Waals surface area contributed by atoms with E-state index in [1.54, 1.807) is 6.08 Å². The normalized spacial score (nSPS) is 11.9. The second kappa shape index (κ2) is 4.68. The lowest BCUT2D eigenvalue weighted by atomic mass is 10.1. The molecule has 0 radical (unpaired) electrons. The van der Waals surface area contributed by atoms with Gasteiger partial charge in [-0.2, -0.15) is 0 Å². The molecular weight excluding hydrogens is 197 g/mol. The molecule has 0 fully saturated rings. The van der Waals surface area contributed by atoms with Crippen LogP contribution in [-0.4, -0.2) is 4.92 Å². The summed E-state index contributed by atoms with van der Waals surface area (Å²) in [5.74, 6) is -0.318. The van der Waals surface area contributed by atoms with Gasteiger partial charge in [-0.25, -0.2) is 4.39 Å². The summed E-state index contributed by atoms with van der Waals surface area (Å²) in [5, 5.41) is 10.8. The Morgan fingerprint density at radius 2 is 1.93 bits per heavy atom. The van der Waals surface area contributed by atoms with E-state index in [1.807, 2.05) is 13.8 Å². The molecule has 0 amide bonds. The first-order chi connectivity index (χ1) is 7.00. The summed E-state index contributed by atoms with van der Waals surface area (Å²) in [6, 6.07) is 5.25. The molecule has 0 atom stereocenters. The van der Waals surface area contributed by atoms with Crippen LogP contribution in [0.25, 0.3) is 5.70 Å². The zero-order valence-corrected chi connectivity index (χ0v) is 8.61. The van der Waals surface area contributed by atoms with Gasteiger partial charge in [0, 0.05) is 0 Å². The van der Waals surface area contributed by atoms with E-state index in [1.165, 1.54) is 24.3 Å². The highest BCUT2D eigenvalue weighted by atomic mass is 19.1. The SMILES string of the molecule is CC(C)C=C(c1ccc(F)cc1)[N+](=O)[O-]. The predicted molar refractivity (Wildman–Crippen MR) is 56.2 cm³/mol. The summed E-state index contributed by atoms with van der Waals surface area (Å²) < 4.78 is 12.6. The van der Waals surface area contributed by atoms with Gasteiger partial charge in [0.25, 0.3) is 5.70 Å². The molecule has 80 valence electrons. The fourth-order valence-corrected chi connectivity index (χ4v) is 1.20. The maximum absolute atomic E-state index is 12.6. The Hall–Kier alpha value is -1.71. The van der Waals surface area contributed by atoms with Crippen molar-refractivity contribution in [1.82, 2.24) is 0 Å². The average Bonchev–Trinajstić information content (AvgIpc) is 2.15. The number of nitro groups is 1. The smallest absolute Gasteiger partial charge is 0.258 e. The summed E-state index contributed by atoms with van der Waals surface area (Å²) in [4.78, 5) is 10.3. The largest absolute Gasteiger partial charge is 0.272 e. The van der Waals surface area contributed by atoms with Crippen LogP contribution in [0, 0.1) is 21.8 Å². The van der Waals surface area contributed by atoms with Crippen LogP contribution in [-0.2, 0) is 0 Å². The van der Waals surface area contributed by atoms with E-state index in [0.29, 0.717) is 5.56 Å². The van der Waals surface area contributed by atoms with Crippen molar-refractivity contribution >= 4 is 5.70 Å². The summed E-state index contributed by atoms with van der Waals surface area (Å²) in [6.45, 7) is 3.71. The van der Waals surface area contributed by atoms with Crippen LogP contribution in [0.1, 0.15) is 19.4 Å². The average molecular weight is 209 g/mol. The Morgan fingerprint density at radius 3 is 2.33 bits per heavy atom. The highest BCUT2D eigenvalue weighted by Gasteiger charge is 2.14. The molecule has 0 saturated heterocycles. The molecule has 0 saturated carbocycles. The summed E-state index contributed by atoms with van der Waals surface area (Å²) in [6.07, 6.45) is 1.55. The molecule has 0 aliphatic carbocycles. The number of hydrogen-bond acceptors (Lipinski definition) is 2. The van der Waals surface area contributed by atoms with Gasteiger partial charge in [0.05, 0.1) is 10.5 Å². The van der Waals surface area contributed by atoms with Gasteiger partial charge in [0.15, 0.2) is 0 Å². The number of nitrogens with zero attached hydrogens (tertiary/aromatic N) is 1. The monoisotopic (exact) mass is 209 g/mol. The molecule has 3 nitrogen and oxygen atoms in total. The summed E-state index contributed by atoms with van der Waals surface area (Å²) in [5.41, 5.74) is 0.445. The number of allylic oxidation sites excluding steroid dienone is 1. The van der Waals surface area contributed by atoms with Crippen molar-refractivity contribution < 1.29 is 9.31 Å². The lowest BCUT2D eigenvalue weighted by Crippen LogP contribution is -1.99. The highest BCUT2D eigenvalue weighted by molar-refractivity contribution is 5.58. The molecule has 0 aliphatic rings. The van der Waals surface area contributed by atoms with Crippen LogP contribution in [0.2, 0.25) is 0 Å². The van der Waals surface area contributed by atoms with E-state index in [9.17, 15) is 14.5 Å². The van der Waals surface area contributed by atoms with Crippen LogP contribution >= 0.6 is 0 Å². The van der Waals surface area contributed by atoms with Crippen molar-refractivity contribution in [3.05, 3.63) is 51.8 Å². The fraction of sp³-hybridized carbons (Fsp3) is 0.273. The molecule has 0 unspecified atom stereocenters. The van der Waals surface area contributed by atoms with Crippen molar-refractivity contribution in [3.63, 3.8) is 0 Å². The molecular formula is C11H12FNO2. The summed E-state index contributed by atoms with van der Waals surface area (Å²) >= 11 is 0. The molecule has 0 aliphatic heterocycles. The van der Waals surface area contributed by atoms with Crippen molar-refractivity contribution in [2.45, 2.75) is 13.8 Å².